The Kier molecular flexibility index (Phi) is 7.35. The summed E-state index contributed by atoms with van der Waals surface area (Å²) < 4.78 is 1.93. The lowest BCUT2D eigenvalue weighted by molar-refractivity contribution is -0.870. The number of carbonyl (C=O) groups is 2. The van der Waals surface area contributed by atoms with Crippen molar-refractivity contribution in [1.29, 1.82) is 0 Å². The van der Waals surface area contributed by atoms with Crippen LogP contribution in [0.5, 0.6) is 5.88 Å². The average Bonchev–Trinajstić information content (AvgIpc) is 3.23. The van der Waals surface area contributed by atoms with Gasteiger partial charge in [0.1, 0.15) is 0 Å². The van der Waals surface area contributed by atoms with E-state index in [4.69, 9.17) is 11.6 Å². The molecule has 0 saturated carbocycles. The number of fused-ring (bicyclic) bond motifs is 1. The molecule has 1 aromatic carbocycles. The molecular weight excluding hydrogens is 433 g/mol. The van der Waals surface area contributed by atoms with Gasteiger partial charge in [0.15, 0.2) is 0 Å². The summed E-state index contributed by atoms with van der Waals surface area (Å²) >= 11 is 7.38. The zero-order chi connectivity index (χ0) is 20.5. The Hall–Kier alpha value is -2.06. The van der Waals surface area contributed by atoms with E-state index in [0.29, 0.717) is 27.3 Å². The van der Waals surface area contributed by atoms with Gasteiger partial charge in [0.25, 0.3) is 0 Å². The van der Waals surface area contributed by atoms with E-state index in [1.807, 2.05) is 0 Å². The van der Waals surface area contributed by atoms with Gasteiger partial charge in [0, 0.05) is 23.4 Å². The molecule has 0 atom stereocenters. The highest BCUT2D eigenvalue weighted by molar-refractivity contribution is 7.12. The number of thiophene rings is 1. The van der Waals surface area contributed by atoms with Crippen molar-refractivity contribution in [3.63, 3.8) is 0 Å². The maximum Gasteiger partial charge on any atom is 0.328 e. The zero-order valence-electron chi connectivity index (χ0n) is 16.4. The summed E-state index contributed by atoms with van der Waals surface area (Å²) in [4.78, 5) is 26.2. The molecule has 0 fully saturated rings. The van der Waals surface area contributed by atoms with Gasteiger partial charge in [-0.1, -0.05) is 17.7 Å². The Labute approximate surface area is 184 Å². The number of ketones is 1. The summed E-state index contributed by atoms with van der Waals surface area (Å²) in [6.45, 7) is 1.37. The lowest BCUT2D eigenvalue weighted by atomic mass is 10.1. The van der Waals surface area contributed by atoms with Gasteiger partial charge in [0.05, 0.1) is 43.6 Å². The van der Waals surface area contributed by atoms with Crippen LogP contribution in [0.1, 0.15) is 21.7 Å². The Bertz CT molecular complexity index is 1020. The van der Waals surface area contributed by atoms with E-state index in [-0.39, 0.29) is 29.6 Å². The maximum atomic E-state index is 12.9. The molecule has 2 aromatic heterocycles. The van der Waals surface area contributed by atoms with Crippen molar-refractivity contribution in [3.05, 3.63) is 51.2 Å². The third-order valence-corrected chi connectivity index (χ3v) is 5.47. The molecule has 0 saturated heterocycles. The summed E-state index contributed by atoms with van der Waals surface area (Å²) in [5.41, 5.74) is 0.521. The monoisotopic (exact) mass is 455 g/mol. The van der Waals surface area contributed by atoms with E-state index < -0.39 is 6.03 Å². The fourth-order valence-corrected chi connectivity index (χ4v) is 3.88. The van der Waals surface area contributed by atoms with Crippen molar-refractivity contribution in [2.75, 3.05) is 34.2 Å². The van der Waals surface area contributed by atoms with Gasteiger partial charge in [-0.15, -0.1) is 11.3 Å². The zero-order valence-corrected chi connectivity index (χ0v) is 18.7. The molecule has 6 nitrogen and oxygen atoms in total. The normalized spacial score (nSPS) is 11.3. The van der Waals surface area contributed by atoms with Gasteiger partial charge in [0.2, 0.25) is 11.7 Å². The first kappa shape index (κ1) is 23.2. The van der Waals surface area contributed by atoms with Gasteiger partial charge >= 0.3 is 6.03 Å². The number of amides is 1. The van der Waals surface area contributed by atoms with E-state index in [2.05, 4.69) is 26.5 Å². The first-order valence-electron chi connectivity index (χ1n) is 8.89. The number of carbonyl (C=O) groups excluding carboxylic acids is 2. The van der Waals surface area contributed by atoms with E-state index in [1.54, 1.807) is 35.7 Å². The lowest BCUT2D eigenvalue weighted by Gasteiger charge is -2.23. The highest BCUT2D eigenvalue weighted by atomic mass is 35.5. The Balaban J connectivity index is 0.00000300. The molecular formula is C20H23Cl2N3O3S. The van der Waals surface area contributed by atoms with E-state index >= 15 is 0 Å². The van der Waals surface area contributed by atoms with Crippen molar-refractivity contribution in [1.82, 2.24) is 9.88 Å². The Morgan fingerprint density at radius 1 is 1.24 bits per heavy atom. The second-order valence-corrected chi connectivity index (χ2v) is 8.99. The predicted octanol–water partition coefficient (Wildman–Crippen LogP) is 0.951. The van der Waals surface area contributed by atoms with E-state index in [9.17, 15) is 14.7 Å². The molecule has 0 radical (unpaired) electrons. The predicted molar refractivity (Wildman–Crippen MR) is 113 cm³/mol. The molecule has 0 aliphatic carbocycles. The van der Waals surface area contributed by atoms with Gasteiger partial charge in [-0.05, 0) is 29.6 Å². The number of benzene rings is 1. The van der Waals surface area contributed by atoms with Crippen LogP contribution in [0.4, 0.5) is 4.79 Å². The third kappa shape index (κ3) is 5.11. The molecule has 0 bridgehead atoms. The number of hydrogen-bond donors (Lipinski definition) is 2. The van der Waals surface area contributed by atoms with Crippen molar-refractivity contribution >= 4 is 45.7 Å². The van der Waals surface area contributed by atoms with Gasteiger partial charge in [-0.3, -0.25) is 4.79 Å². The third-order valence-electron chi connectivity index (χ3n) is 4.36. The summed E-state index contributed by atoms with van der Waals surface area (Å²) in [5.74, 6) is -0.712. The van der Waals surface area contributed by atoms with Gasteiger partial charge < -0.3 is 27.3 Å². The number of nitrogens with zero attached hydrogens (tertiary/aromatic N) is 2. The van der Waals surface area contributed by atoms with Crippen LogP contribution in [0, 0.1) is 0 Å². The van der Waals surface area contributed by atoms with Crippen molar-refractivity contribution < 1.29 is 31.6 Å². The lowest BCUT2D eigenvalue weighted by Crippen LogP contribution is -3.00. The number of aromatic hydroxyl groups is 1. The Morgan fingerprint density at radius 3 is 2.59 bits per heavy atom. The van der Waals surface area contributed by atoms with Crippen LogP contribution >= 0.6 is 22.9 Å². The quantitative estimate of drug-likeness (QED) is 0.330. The number of rotatable bonds is 6. The molecule has 0 aliphatic rings. The smallest absolute Gasteiger partial charge is 0.328 e. The first-order valence-corrected chi connectivity index (χ1v) is 10.1. The van der Waals surface area contributed by atoms with Gasteiger partial charge in [-0.25, -0.2) is 9.36 Å². The van der Waals surface area contributed by atoms with Crippen molar-refractivity contribution in [3.8, 4) is 5.88 Å². The molecule has 29 heavy (non-hydrogen) atoms. The topological polar surface area (TPSA) is 71.3 Å². The maximum absolute atomic E-state index is 12.9. The molecule has 2 heterocycles. The minimum Gasteiger partial charge on any atom is -1.00 e. The minimum atomic E-state index is -0.475. The van der Waals surface area contributed by atoms with Crippen LogP contribution in [-0.4, -0.2) is 60.2 Å². The highest BCUT2D eigenvalue weighted by Crippen LogP contribution is 2.35. The summed E-state index contributed by atoms with van der Waals surface area (Å²) in [5, 5.41) is 16.2. The fraction of sp³-hybridized carbons (Fsp3) is 0.300. The van der Waals surface area contributed by atoms with Crippen LogP contribution in [0.25, 0.3) is 10.9 Å². The molecule has 9 heteroatoms. The summed E-state index contributed by atoms with van der Waals surface area (Å²) in [6.07, 6.45) is 0.794. The molecule has 3 rings (SSSR count). The van der Waals surface area contributed by atoms with E-state index in [0.717, 1.165) is 22.0 Å². The molecule has 0 unspecified atom stereocenters. The molecule has 156 valence electrons. The number of aromatic nitrogens is 1. The molecule has 3 aromatic rings. The number of halogens is 2. The standard InChI is InChI=1S/C20H22ClN3O3S.ClH/c1-24(2,3)10-5-9-22-20(27)23-15-8-7-13(21)12-14(15)17(19(23)26)18(25)16-6-4-11-28-16;/h4,6-8,11-12H,5,9-10H2,1-3H3,(H-,22,25,26,27);1H. The van der Waals surface area contributed by atoms with Gasteiger partial charge in [-0.2, -0.15) is 0 Å². The SMILES string of the molecule is C[N+](C)(C)CCCNC(=O)n1c(O)c(C(=O)c2cccs2)c2cc(Cl)ccc21.[Cl-]. The largest absolute Gasteiger partial charge is 1.00 e. The first-order chi connectivity index (χ1) is 13.2. The van der Waals surface area contributed by atoms with Crippen LogP contribution < -0.4 is 17.7 Å². The van der Waals surface area contributed by atoms with Crippen LogP contribution in [0.15, 0.2) is 35.7 Å². The van der Waals surface area contributed by atoms with Crippen molar-refractivity contribution in [2.45, 2.75) is 6.42 Å². The van der Waals surface area contributed by atoms with Crippen molar-refractivity contribution in [2.24, 2.45) is 0 Å². The average molecular weight is 456 g/mol. The Morgan fingerprint density at radius 2 is 1.97 bits per heavy atom. The minimum absolute atomic E-state index is 0. The molecule has 1 amide bonds. The number of nitrogens with one attached hydrogen (secondary N) is 1. The van der Waals surface area contributed by atoms with E-state index in [1.165, 1.54) is 11.3 Å². The van der Waals surface area contributed by atoms with Crippen LogP contribution in [-0.2, 0) is 0 Å². The highest BCUT2D eigenvalue weighted by Gasteiger charge is 2.27. The number of quaternary nitrogens is 1. The molecule has 0 aliphatic heterocycles. The number of hydrogen-bond acceptors (Lipinski definition) is 4. The van der Waals surface area contributed by atoms with Crippen LogP contribution in [0.2, 0.25) is 5.02 Å². The fourth-order valence-electron chi connectivity index (χ4n) is 3.04. The molecule has 0 spiro atoms. The summed E-state index contributed by atoms with van der Waals surface area (Å²) in [6, 6.07) is 7.83. The second kappa shape index (κ2) is 9.17. The second-order valence-electron chi connectivity index (χ2n) is 7.60. The summed E-state index contributed by atoms with van der Waals surface area (Å²) in [7, 11) is 6.25. The molecule has 2 N–H and O–H groups in total. The van der Waals surface area contributed by atoms with Crippen LogP contribution in [0.3, 0.4) is 0 Å².